The molecule has 0 spiro atoms. The number of nitrogens with zero attached hydrogens (tertiary/aromatic N) is 1. The molecule has 5 heteroatoms. The number of thiophene rings is 2. The Morgan fingerprint density at radius 2 is 1.64 bits per heavy atom. The molecule has 0 radical (unpaired) electrons. The fourth-order valence-corrected chi connectivity index (χ4v) is 5.01. The number of thiazole rings is 1. The molecule has 1 nitrogen and oxygen atoms in total. The Labute approximate surface area is 145 Å². The quantitative estimate of drug-likeness (QED) is 0.387. The first-order valence-corrected chi connectivity index (χ1v) is 9.60. The summed E-state index contributed by atoms with van der Waals surface area (Å²) in [5.41, 5.74) is 2.10. The lowest BCUT2D eigenvalue weighted by atomic mass is 10.2. The van der Waals surface area contributed by atoms with Gasteiger partial charge in [0, 0.05) is 25.7 Å². The van der Waals surface area contributed by atoms with Crippen LogP contribution in [0.5, 0.6) is 0 Å². The van der Waals surface area contributed by atoms with Gasteiger partial charge in [-0.1, -0.05) is 29.8 Å². The molecule has 3 heterocycles. The van der Waals surface area contributed by atoms with Gasteiger partial charge in [0.15, 0.2) is 0 Å². The van der Waals surface area contributed by atoms with Gasteiger partial charge < -0.3 is 0 Å². The van der Waals surface area contributed by atoms with Gasteiger partial charge in [0.25, 0.3) is 0 Å². The van der Waals surface area contributed by atoms with E-state index in [2.05, 4.69) is 35.0 Å². The van der Waals surface area contributed by atoms with Crippen molar-refractivity contribution in [1.82, 2.24) is 4.98 Å². The van der Waals surface area contributed by atoms with Crippen molar-refractivity contribution in [3.05, 3.63) is 64.3 Å². The van der Waals surface area contributed by atoms with Gasteiger partial charge in [-0.15, -0.1) is 34.0 Å². The van der Waals surface area contributed by atoms with Crippen LogP contribution in [0.4, 0.5) is 0 Å². The predicted molar refractivity (Wildman–Crippen MR) is 99.2 cm³/mol. The van der Waals surface area contributed by atoms with Gasteiger partial charge in [-0.3, -0.25) is 0 Å². The fraction of sp³-hybridized carbons (Fsp3) is 0. The molecule has 1 aromatic carbocycles. The zero-order valence-corrected chi connectivity index (χ0v) is 14.5. The Balaban J connectivity index is 1.65. The summed E-state index contributed by atoms with van der Waals surface area (Å²) in [7, 11) is 0. The predicted octanol–water partition coefficient (Wildman–Crippen LogP) is 6.92. The highest BCUT2D eigenvalue weighted by Gasteiger charge is 2.10. The average molecular weight is 360 g/mol. The van der Waals surface area contributed by atoms with Crippen molar-refractivity contribution in [2.45, 2.75) is 0 Å². The summed E-state index contributed by atoms with van der Waals surface area (Å²) in [6.07, 6.45) is 0. The lowest BCUT2D eigenvalue weighted by Crippen LogP contribution is -1.77. The lowest BCUT2D eigenvalue weighted by molar-refractivity contribution is 1.41. The molecule has 4 rings (SSSR count). The van der Waals surface area contributed by atoms with E-state index in [0.717, 1.165) is 21.3 Å². The molecule has 4 aromatic rings. The largest absolute Gasteiger partial charge is 0.235 e. The number of benzene rings is 1. The van der Waals surface area contributed by atoms with Gasteiger partial charge in [0.1, 0.15) is 5.01 Å². The van der Waals surface area contributed by atoms with Gasteiger partial charge in [-0.05, 0) is 35.7 Å². The molecule has 3 aromatic heterocycles. The zero-order chi connectivity index (χ0) is 14.9. The summed E-state index contributed by atoms with van der Waals surface area (Å²) in [6.45, 7) is 0. The minimum atomic E-state index is 0.748. The molecule has 0 atom stereocenters. The highest BCUT2D eigenvalue weighted by Crippen LogP contribution is 2.38. The van der Waals surface area contributed by atoms with Crippen molar-refractivity contribution in [3.8, 4) is 30.9 Å². The van der Waals surface area contributed by atoms with E-state index in [0.29, 0.717) is 0 Å². The smallest absolute Gasteiger partial charge is 0.134 e. The van der Waals surface area contributed by atoms with Crippen LogP contribution in [0.15, 0.2) is 59.3 Å². The highest BCUT2D eigenvalue weighted by molar-refractivity contribution is 7.25. The molecule has 0 aliphatic carbocycles. The average Bonchev–Trinajstić information content (AvgIpc) is 3.27. The van der Waals surface area contributed by atoms with Crippen molar-refractivity contribution in [3.63, 3.8) is 0 Å². The third-order valence-corrected chi connectivity index (χ3v) is 6.64. The SMILES string of the molecule is Clc1ccc(-c2csc(-c3ccc(-c4cccs4)s3)n2)cc1. The molecule has 0 bridgehead atoms. The molecule has 0 unspecified atom stereocenters. The molecule has 108 valence electrons. The Kier molecular flexibility index (Phi) is 3.84. The maximum atomic E-state index is 5.94. The fourth-order valence-electron chi connectivity index (χ4n) is 2.14. The normalized spacial score (nSPS) is 11.0. The number of aromatic nitrogens is 1. The standard InChI is InChI=1S/C17H10ClNS3/c18-12-5-3-11(4-6-12)13-10-21-17(19-13)16-8-7-15(22-16)14-2-1-9-20-14/h1-10H. The zero-order valence-electron chi connectivity index (χ0n) is 11.3. The van der Waals surface area contributed by atoms with E-state index < -0.39 is 0 Å². The third-order valence-electron chi connectivity index (χ3n) is 3.22. The molecule has 0 saturated carbocycles. The van der Waals surface area contributed by atoms with E-state index in [1.165, 1.54) is 14.6 Å². The summed E-state index contributed by atoms with van der Waals surface area (Å²) in [4.78, 5) is 8.59. The second-order valence-corrected chi connectivity index (χ2v) is 8.01. The third kappa shape index (κ3) is 2.75. The maximum Gasteiger partial charge on any atom is 0.134 e. The van der Waals surface area contributed by atoms with E-state index in [1.54, 1.807) is 34.0 Å². The van der Waals surface area contributed by atoms with Crippen LogP contribution < -0.4 is 0 Å². The van der Waals surface area contributed by atoms with E-state index in [-0.39, 0.29) is 0 Å². The van der Waals surface area contributed by atoms with Crippen LogP contribution in [0.25, 0.3) is 30.9 Å². The van der Waals surface area contributed by atoms with Crippen molar-refractivity contribution >= 4 is 45.6 Å². The van der Waals surface area contributed by atoms with Crippen LogP contribution in [-0.4, -0.2) is 4.98 Å². The van der Waals surface area contributed by atoms with Crippen LogP contribution >= 0.6 is 45.6 Å². The van der Waals surface area contributed by atoms with Crippen LogP contribution in [0.3, 0.4) is 0 Å². The Hall–Kier alpha value is -1.46. The molecule has 22 heavy (non-hydrogen) atoms. The number of halogens is 1. The van der Waals surface area contributed by atoms with Crippen molar-refractivity contribution in [1.29, 1.82) is 0 Å². The number of rotatable bonds is 3. The molecule has 0 aliphatic heterocycles. The van der Waals surface area contributed by atoms with Crippen LogP contribution in [-0.2, 0) is 0 Å². The molecule has 0 amide bonds. The van der Waals surface area contributed by atoms with Crippen LogP contribution in [0.2, 0.25) is 5.02 Å². The number of hydrogen-bond donors (Lipinski definition) is 0. The van der Waals surface area contributed by atoms with Crippen LogP contribution in [0.1, 0.15) is 0 Å². The van der Waals surface area contributed by atoms with E-state index >= 15 is 0 Å². The molecular formula is C17H10ClNS3. The van der Waals surface area contributed by atoms with Gasteiger partial charge in [0.05, 0.1) is 10.6 Å². The van der Waals surface area contributed by atoms with Gasteiger partial charge >= 0.3 is 0 Å². The lowest BCUT2D eigenvalue weighted by Gasteiger charge is -1.96. The van der Waals surface area contributed by atoms with Gasteiger partial charge in [0.2, 0.25) is 0 Å². The summed E-state index contributed by atoms with van der Waals surface area (Å²) >= 11 is 11.2. The minimum absolute atomic E-state index is 0.748. The van der Waals surface area contributed by atoms with E-state index in [4.69, 9.17) is 16.6 Å². The summed E-state index contributed by atoms with van der Waals surface area (Å²) < 4.78 is 0. The first-order valence-electron chi connectivity index (χ1n) is 6.65. The molecule has 0 N–H and O–H groups in total. The molecule has 0 fully saturated rings. The van der Waals surface area contributed by atoms with Crippen molar-refractivity contribution in [2.24, 2.45) is 0 Å². The second kappa shape index (κ2) is 5.97. The summed E-state index contributed by atoms with van der Waals surface area (Å²) in [5, 5.41) is 6.02. The summed E-state index contributed by atoms with van der Waals surface area (Å²) in [6, 6.07) is 16.4. The number of hydrogen-bond acceptors (Lipinski definition) is 4. The maximum absolute atomic E-state index is 5.94. The first-order chi connectivity index (χ1) is 10.8. The van der Waals surface area contributed by atoms with E-state index in [9.17, 15) is 0 Å². The first kappa shape index (κ1) is 14.2. The minimum Gasteiger partial charge on any atom is -0.235 e. The molecule has 0 saturated heterocycles. The second-order valence-electron chi connectivity index (χ2n) is 4.69. The molecule has 0 aliphatic rings. The monoisotopic (exact) mass is 359 g/mol. The Bertz CT molecular complexity index is 888. The van der Waals surface area contributed by atoms with Crippen molar-refractivity contribution in [2.75, 3.05) is 0 Å². The topological polar surface area (TPSA) is 12.9 Å². The molecular weight excluding hydrogens is 350 g/mol. The highest BCUT2D eigenvalue weighted by atomic mass is 35.5. The Morgan fingerprint density at radius 1 is 0.818 bits per heavy atom. The summed E-state index contributed by atoms with van der Waals surface area (Å²) in [5.74, 6) is 0. The van der Waals surface area contributed by atoms with E-state index in [1.807, 2.05) is 24.3 Å². The van der Waals surface area contributed by atoms with Gasteiger partial charge in [-0.25, -0.2) is 4.98 Å². The van der Waals surface area contributed by atoms with Gasteiger partial charge in [-0.2, -0.15) is 0 Å². The van der Waals surface area contributed by atoms with Crippen molar-refractivity contribution < 1.29 is 0 Å². The van der Waals surface area contributed by atoms with Crippen LogP contribution in [0, 0.1) is 0 Å². The Morgan fingerprint density at radius 3 is 2.41 bits per heavy atom.